The van der Waals surface area contributed by atoms with Gasteiger partial charge in [-0.25, -0.2) is 9.50 Å². The van der Waals surface area contributed by atoms with Crippen LogP contribution >= 0.6 is 15.9 Å². The monoisotopic (exact) mass is 298 g/mol. The molecule has 5 heteroatoms. The zero-order chi connectivity index (χ0) is 12.5. The van der Waals surface area contributed by atoms with Crippen molar-refractivity contribution in [3.05, 3.63) is 52.6 Å². The maximum atomic E-state index is 9.01. The molecule has 0 N–H and O–H groups in total. The Kier molecular flexibility index (Phi) is 2.58. The van der Waals surface area contributed by atoms with Gasteiger partial charge in [-0.3, -0.25) is 0 Å². The number of fused-ring (bicyclic) bond motifs is 1. The summed E-state index contributed by atoms with van der Waals surface area (Å²) in [5.74, 6) is 0.610. The van der Waals surface area contributed by atoms with Crippen molar-refractivity contribution in [3.8, 4) is 17.5 Å². The van der Waals surface area contributed by atoms with Crippen LogP contribution < -0.4 is 0 Å². The summed E-state index contributed by atoms with van der Waals surface area (Å²) < 4.78 is 2.52. The second-order valence-electron chi connectivity index (χ2n) is 3.74. The predicted molar refractivity (Wildman–Crippen MR) is 70.8 cm³/mol. The lowest BCUT2D eigenvalue weighted by Gasteiger charge is -1.95. The molecular weight excluding hydrogens is 292 g/mol. The molecule has 0 bridgehead atoms. The van der Waals surface area contributed by atoms with E-state index in [9.17, 15) is 0 Å². The Morgan fingerprint density at radius 1 is 1.17 bits per heavy atom. The zero-order valence-corrected chi connectivity index (χ0v) is 10.8. The molecule has 0 spiro atoms. The van der Waals surface area contributed by atoms with Crippen molar-refractivity contribution in [2.75, 3.05) is 0 Å². The Bertz CT molecular complexity index is 770. The van der Waals surface area contributed by atoms with Gasteiger partial charge in [0.1, 0.15) is 11.8 Å². The van der Waals surface area contributed by atoms with Gasteiger partial charge in [0, 0.05) is 10.0 Å². The number of nitrogens with zero attached hydrogens (tertiary/aromatic N) is 4. The Balaban J connectivity index is 2.23. The summed E-state index contributed by atoms with van der Waals surface area (Å²) >= 11 is 3.42. The van der Waals surface area contributed by atoms with Crippen molar-refractivity contribution < 1.29 is 0 Å². The Morgan fingerprint density at radius 3 is 2.78 bits per heavy atom. The number of benzene rings is 1. The quantitative estimate of drug-likeness (QED) is 0.694. The van der Waals surface area contributed by atoms with Gasteiger partial charge < -0.3 is 0 Å². The van der Waals surface area contributed by atoms with Gasteiger partial charge in [0.2, 0.25) is 0 Å². The van der Waals surface area contributed by atoms with Crippen molar-refractivity contribution in [1.29, 1.82) is 5.26 Å². The second kappa shape index (κ2) is 4.24. The van der Waals surface area contributed by atoms with Gasteiger partial charge in [-0.15, -0.1) is 5.10 Å². The first-order valence-corrected chi connectivity index (χ1v) is 6.09. The highest BCUT2D eigenvalue weighted by molar-refractivity contribution is 9.10. The fourth-order valence-electron chi connectivity index (χ4n) is 1.74. The lowest BCUT2D eigenvalue weighted by atomic mass is 10.2. The van der Waals surface area contributed by atoms with Crippen molar-refractivity contribution >= 4 is 21.6 Å². The molecule has 0 aliphatic rings. The van der Waals surface area contributed by atoms with Crippen molar-refractivity contribution in [3.63, 3.8) is 0 Å². The zero-order valence-electron chi connectivity index (χ0n) is 9.21. The summed E-state index contributed by atoms with van der Waals surface area (Å²) in [6.07, 6.45) is 0. The highest BCUT2D eigenvalue weighted by Gasteiger charge is 2.08. The molecule has 2 aromatic heterocycles. The molecule has 1 aromatic carbocycles. The smallest absolute Gasteiger partial charge is 0.182 e. The molecule has 86 valence electrons. The Hall–Kier alpha value is -2.19. The molecule has 0 saturated carbocycles. The van der Waals surface area contributed by atoms with Crippen LogP contribution in [0.15, 0.2) is 46.9 Å². The summed E-state index contributed by atoms with van der Waals surface area (Å²) in [7, 11) is 0. The average molecular weight is 299 g/mol. The van der Waals surface area contributed by atoms with Gasteiger partial charge in [0.25, 0.3) is 0 Å². The van der Waals surface area contributed by atoms with Crippen molar-refractivity contribution in [2.24, 2.45) is 0 Å². The van der Waals surface area contributed by atoms with Gasteiger partial charge in [0.05, 0.1) is 0 Å². The number of hydrogen-bond acceptors (Lipinski definition) is 3. The molecule has 0 fully saturated rings. The molecule has 4 nitrogen and oxygen atoms in total. The standard InChI is InChI=1S/C13H7BrN4/c14-10-4-1-3-9(7-10)13-16-12-6-2-5-11(8-15)18(12)17-13/h1-7H. The fraction of sp³-hybridized carbons (Fsp3) is 0. The highest BCUT2D eigenvalue weighted by Crippen LogP contribution is 2.20. The molecule has 3 aromatic rings. The van der Waals surface area contributed by atoms with E-state index in [1.165, 1.54) is 0 Å². The molecule has 0 radical (unpaired) electrons. The van der Waals surface area contributed by atoms with Crippen LogP contribution in [0.25, 0.3) is 17.0 Å². The summed E-state index contributed by atoms with van der Waals surface area (Å²) in [4.78, 5) is 4.41. The number of halogens is 1. The molecule has 0 atom stereocenters. The summed E-state index contributed by atoms with van der Waals surface area (Å²) in [5.41, 5.74) is 2.06. The molecule has 0 aliphatic heterocycles. The van der Waals surface area contributed by atoms with E-state index in [2.05, 4.69) is 32.1 Å². The normalized spacial score (nSPS) is 10.4. The van der Waals surface area contributed by atoms with E-state index in [4.69, 9.17) is 5.26 Å². The Labute approximate surface area is 112 Å². The molecule has 0 saturated heterocycles. The summed E-state index contributed by atoms with van der Waals surface area (Å²) in [5, 5.41) is 13.4. The first-order chi connectivity index (χ1) is 8.78. The van der Waals surface area contributed by atoms with Gasteiger partial charge in [-0.05, 0) is 24.3 Å². The lowest BCUT2D eigenvalue weighted by molar-refractivity contribution is 0.945. The van der Waals surface area contributed by atoms with Crippen LogP contribution in [-0.2, 0) is 0 Å². The lowest BCUT2D eigenvalue weighted by Crippen LogP contribution is -1.93. The average Bonchev–Trinajstić information content (AvgIpc) is 2.82. The minimum absolute atomic E-state index is 0.473. The van der Waals surface area contributed by atoms with Crippen molar-refractivity contribution in [1.82, 2.24) is 14.6 Å². The number of pyridine rings is 1. The minimum atomic E-state index is 0.473. The van der Waals surface area contributed by atoms with E-state index < -0.39 is 0 Å². The molecular formula is C13H7BrN4. The molecule has 2 heterocycles. The van der Waals surface area contributed by atoms with Crippen LogP contribution in [0.2, 0.25) is 0 Å². The van der Waals surface area contributed by atoms with E-state index in [-0.39, 0.29) is 0 Å². The molecule has 3 rings (SSSR count). The van der Waals surface area contributed by atoms with Gasteiger partial charge >= 0.3 is 0 Å². The van der Waals surface area contributed by atoms with Crippen LogP contribution in [-0.4, -0.2) is 14.6 Å². The summed E-state index contributed by atoms with van der Waals surface area (Å²) in [6.45, 7) is 0. The second-order valence-corrected chi connectivity index (χ2v) is 4.65. The fourth-order valence-corrected chi connectivity index (χ4v) is 2.14. The van der Waals surface area contributed by atoms with Crippen LogP contribution in [0.1, 0.15) is 5.69 Å². The third-order valence-electron chi connectivity index (χ3n) is 2.56. The van der Waals surface area contributed by atoms with Gasteiger partial charge in [0.15, 0.2) is 11.5 Å². The Morgan fingerprint density at radius 2 is 2.00 bits per heavy atom. The van der Waals surface area contributed by atoms with Crippen LogP contribution in [0, 0.1) is 11.3 Å². The van der Waals surface area contributed by atoms with E-state index in [0.717, 1.165) is 10.0 Å². The number of nitriles is 1. The molecule has 0 aliphatic carbocycles. The third kappa shape index (κ3) is 1.77. The summed E-state index contributed by atoms with van der Waals surface area (Å²) in [6, 6.07) is 15.2. The minimum Gasteiger partial charge on any atom is -0.207 e. The number of aromatic nitrogens is 3. The van der Waals surface area contributed by atoms with Gasteiger partial charge in [-0.1, -0.05) is 34.1 Å². The van der Waals surface area contributed by atoms with Gasteiger partial charge in [-0.2, -0.15) is 5.26 Å². The largest absolute Gasteiger partial charge is 0.207 e. The molecule has 0 unspecified atom stereocenters. The van der Waals surface area contributed by atoms with E-state index in [0.29, 0.717) is 17.2 Å². The van der Waals surface area contributed by atoms with Crippen LogP contribution in [0.4, 0.5) is 0 Å². The maximum absolute atomic E-state index is 9.01. The first kappa shape index (κ1) is 10.9. The van der Waals surface area contributed by atoms with E-state index >= 15 is 0 Å². The number of rotatable bonds is 1. The number of hydrogen-bond donors (Lipinski definition) is 0. The third-order valence-corrected chi connectivity index (χ3v) is 3.05. The van der Waals surface area contributed by atoms with Crippen molar-refractivity contribution in [2.45, 2.75) is 0 Å². The first-order valence-electron chi connectivity index (χ1n) is 5.30. The highest BCUT2D eigenvalue weighted by atomic mass is 79.9. The predicted octanol–water partition coefficient (Wildman–Crippen LogP) is 3.03. The SMILES string of the molecule is N#Cc1cccc2nc(-c3cccc(Br)c3)nn12. The van der Waals surface area contributed by atoms with E-state index in [1.54, 1.807) is 16.6 Å². The molecule has 0 amide bonds. The van der Waals surface area contributed by atoms with Crippen LogP contribution in [0.5, 0.6) is 0 Å². The topological polar surface area (TPSA) is 54.0 Å². The van der Waals surface area contributed by atoms with E-state index in [1.807, 2.05) is 30.3 Å². The maximum Gasteiger partial charge on any atom is 0.182 e. The van der Waals surface area contributed by atoms with Crippen LogP contribution in [0.3, 0.4) is 0 Å². The molecule has 18 heavy (non-hydrogen) atoms.